The third kappa shape index (κ3) is 1.85. The minimum absolute atomic E-state index is 0.156. The van der Waals surface area contributed by atoms with E-state index in [1.54, 1.807) is 16.4 Å². The van der Waals surface area contributed by atoms with Crippen LogP contribution in [-0.4, -0.2) is 27.7 Å². The molecule has 3 rings (SSSR count). The van der Waals surface area contributed by atoms with Crippen LogP contribution in [0.2, 0.25) is 10.0 Å². The van der Waals surface area contributed by atoms with E-state index in [9.17, 15) is 4.79 Å². The second-order valence-corrected chi connectivity index (χ2v) is 5.62. The molecule has 0 spiro atoms. The number of aromatic nitrogens is 1. The van der Waals surface area contributed by atoms with Gasteiger partial charge < -0.3 is 9.88 Å². The summed E-state index contributed by atoms with van der Waals surface area (Å²) >= 11 is 12.3. The third-order valence-electron chi connectivity index (χ3n) is 3.83. The van der Waals surface area contributed by atoms with Gasteiger partial charge in [-0.05, 0) is 13.0 Å². The highest BCUT2D eigenvalue weighted by Crippen LogP contribution is 2.39. The highest BCUT2D eigenvalue weighted by Gasteiger charge is 2.31. The minimum atomic E-state index is -0.502. The van der Waals surface area contributed by atoms with Gasteiger partial charge in [0.15, 0.2) is 0 Å². The van der Waals surface area contributed by atoms with E-state index >= 15 is 0 Å². The van der Waals surface area contributed by atoms with Gasteiger partial charge in [0, 0.05) is 29.6 Å². The van der Waals surface area contributed by atoms with E-state index in [0.29, 0.717) is 23.0 Å². The number of hydroxylamine groups is 1. The summed E-state index contributed by atoms with van der Waals surface area (Å²) in [7, 11) is 0. The van der Waals surface area contributed by atoms with Gasteiger partial charge in [0.05, 0.1) is 21.6 Å². The lowest BCUT2D eigenvalue weighted by molar-refractivity contribution is 0.115. The molecule has 0 bridgehead atoms. The van der Waals surface area contributed by atoms with E-state index < -0.39 is 6.03 Å². The first-order chi connectivity index (χ1) is 9.54. The largest absolute Gasteiger partial charge is 0.357 e. The number of urea groups is 1. The average molecular weight is 314 g/mol. The Hall–Kier alpha value is -1.43. The van der Waals surface area contributed by atoms with Gasteiger partial charge in [-0.15, -0.1) is 0 Å². The van der Waals surface area contributed by atoms with Crippen LogP contribution in [-0.2, 0) is 6.42 Å². The Bertz CT molecular complexity index is 698. The molecule has 1 aromatic carbocycles. The highest BCUT2D eigenvalue weighted by molar-refractivity contribution is 6.45. The summed E-state index contributed by atoms with van der Waals surface area (Å²) in [4.78, 5) is 16.6. The molecule has 0 saturated heterocycles. The van der Waals surface area contributed by atoms with Gasteiger partial charge >= 0.3 is 6.03 Å². The zero-order valence-electron chi connectivity index (χ0n) is 10.7. The molecular formula is C13H13Cl2N3O2. The Morgan fingerprint density at radius 1 is 1.50 bits per heavy atom. The number of halogens is 2. The number of hydrogen-bond acceptors (Lipinski definition) is 2. The first kappa shape index (κ1) is 13.5. The van der Waals surface area contributed by atoms with Crippen LogP contribution >= 0.6 is 23.2 Å². The Balaban J connectivity index is 2.17. The zero-order chi connectivity index (χ0) is 14.4. The van der Waals surface area contributed by atoms with Crippen LogP contribution in [0.5, 0.6) is 0 Å². The van der Waals surface area contributed by atoms with Crippen molar-refractivity contribution in [2.45, 2.75) is 19.4 Å². The van der Waals surface area contributed by atoms with Crippen LogP contribution in [0.1, 0.15) is 24.2 Å². The number of benzene rings is 1. The highest BCUT2D eigenvalue weighted by atomic mass is 35.5. The van der Waals surface area contributed by atoms with Crippen LogP contribution in [0, 0.1) is 0 Å². The SMILES string of the molecule is C[C@@H]1c2c([nH]c3c(Cl)c(Cl)ccc23)CCN1C(=O)NO. The predicted octanol–water partition coefficient (Wildman–Crippen LogP) is 3.49. The number of aromatic amines is 1. The smallest absolute Gasteiger partial charge is 0.341 e. The van der Waals surface area contributed by atoms with E-state index in [1.165, 1.54) is 0 Å². The maximum Gasteiger partial charge on any atom is 0.341 e. The maximum atomic E-state index is 11.7. The van der Waals surface area contributed by atoms with Crippen molar-refractivity contribution in [3.05, 3.63) is 33.4 Å². The molecule has 3 N–H and O–H groups in total. The second-order valence-electron chi connectivity index (χ2n) is 4.84. The number of hydrogen-bond donors (Lipinski definition) is 3. The quantitative estimate of drug-likeness (QED) is 0.514. The molecule has 2 amide bonds. The summed E-state index contributed by atoms with van der Waals surface area (Å²) in [5.74, 6) is 0. The summed E-state index contributed by atoms with van der Waals surface area (Å²) in [5.41, 5.74) is 4.56. The van der Waals surface area contributed by atoms with E-state index in [4.69, 9.17) is 28.4 Å². The van der Waals surface area contributed by atoms with Gasteiger partial charge in [0.2, 0.25) is 0 Å². The Morgan fingerprint density at radius 2 is 2.25 bits per heavy atom. The molecule has 106 valence electrons. The molecule has 0 fully saturated rings. The van der Waals surface area contributed by atoms with Crippen LogP contribution < -0.4 is 5.48 Å². The number of carbonyl (C=O) groups is 1. The first-order valence-corrected chi connectivity index (χ1v) is 6.99. The number of fused-ring (bicyclic) bond motifs is 3. The van der Waals surface area contributed by atoms with Crippen LogP contribution in [0.15, 0.2) is 12.1 Å². The molecule has 1 atom stereocenters. The molecule has 2 aromatic rings. The van der Waals surface area contributed by atoms with Crippen LogP contribution in [0.4, 0.5) is 4.79 Å². The standard InChI is InChI=1S/C13H13Cl2N3O2/c1-6-10-7-2-3-8(14)11(15)12(7)16-9(10)4-5-18(6)13(19)17-20/h2-3,6,16,20H,4-5H2,1H3,(H,17,19)/t6-/m1/s1. The second kappa shape index (κ2) is 4.84. The van der Waals surface area contributed by atoms with Gasteiger partial charge in [-0.25, -0.2) is 10.3 Å². The van der Waals surface area contributed by atoms with E-state index in [2.05, 4.69) is 4.98 Å². The van der Waals surface area contributed by atoms with Crippen molar-refractivity contribution >= 4 is 40.1 Å². The summed E-state index contributed by atoms with van der Waals surface area (Å²) < 4.78 is 0. The number of carbonyl (C=O) groups excluding carboxylic acids is 1. The molecule has 1 aliphatic rings. The molecule has 5 nitrogen and oxygen atoms in total. The lowest BCUT2D eigenvalue weighted by Crippen LogP contribution is -2.43. The van der Waals surface area contributed by atoms with Crippen molar-refractivity contribution in [3.63, 3.8) is 0 Å². The van der Waals surface area contributed by atoms with Gasteiger partial charge in [-0.3, -0.25) is 5.21 Å². The lowest BCUT2D eigenvalue weighted by Gasteiger charge is -2.33. The summed E-state index contributed by atoms with van der Waals surface area (Å²) in [6.07, 6.45) is 0.676. The molecule has 2 heterocycles. The summed E-state index contributed by atoms with van der Waals surface area (Å²) in [6.45, 7) is 2.45. The first-order valence-electron chi connectivity index (χ1n) is 6.23. The molecule has 0 aliphatic carbocycles. The topological polar surface area (TPSA) is 68.4 Å². The molecule has 1 aliphatic heterocycles. The van der Waals surface area contributed by atoms with Gasteiger partial charge in [-0.2, -0.15) is 0 Å². The third-order valence-corrected chi connectivity index (χ3v) is 4.63. The van der Waals surface area contributed by atoms with Crippen molar-refractivity contribution in [1.82, 2.24) is 15.4 Å². The molecule has 0 radical (unpaired) electrons. The van der Waals surface area contributed by atoms with Crippen molar-refractivity contribution < 1.29 is 10.0 Å². The van der Waals surface area contributed by atoms with Crippen molar-refractivity contribution in [2.75, 3.05) is 6.54 Å². The predicted molar refractivity (Wildman–Crippen MR) is 77.5 cm³/mol. The minimum Gasteiger partial charge on any atom is -0.357 e. The fourth-order valence-corrected chi connectivity index (χ4v) is 3.25. The van der Waals surface area contributed by atoms with Crippen LogP contribution in [0.3, 0.4) is 0 Å². The molecule has 0 saturated carbocycles. The maximum absolute atomic E-state index is 11.7. The van der Waals surface area contributed by atoms with Crippen molar-refractivity contribution in [1.29, 1.82) is 0 Å². The van der Waals surface area contributed by atoms with E-state index in [1.807, 2.05) is 13.0 Å². The fraction of sp³-hybridized carbons (Fsp3) is 0.308. The van der Waals surface area contributed by atoms with Crippen LogP contribution in [0.25, 0.3) is 10.9 Å². The van der Waals surface area contributed by atoms with Crippen molar-refractivity contribution in [2.24, 2.45) is 0 Å². The van der Waals surface area contributed by atoms with Crippen molar-refractivity contribution in [3.8, 4) is 0 Å². The summed E-state index contributed by atoms with van der Waals surface area (Å²) in [5, 5.41) is 10.8. The van der Waals surface area contributed by atoms with E-state index in [0.717, 1.165) is 22.2 Å². The number of nitrogens with zero attached hydrogens (tertiary/aromatic N) is 1. The number of amides is 2. The molecule has 1 aromatic heterocycles. The summed E-state index contributed by atoms with van der Waals surface area (Å²) in [6, 6.07) is 2.99. The normalized spacial score (nSPS) is 18.2. The Labute approximate surface area is 125 Å². The van der Waals surface area contributed by atoms with Gasteiger partial charge in [0.25, 0.3) is 0 Å². The molecule has 20 heavy (non-hydrogen) atoms. The fourth-order valence-electron chi connectivity index (χ4n) is 2.88. The Morgan fingerprint density at radius 3 is 2.95 bits per heavy atom. The number of rotatable bonds is 0. The van der Waals surface area contributed by atoms with E-state index in [-0.39, 0.29) is 6.04 Å². The Kier molecular flexibility index (Phi) is 3.28. The van der Waals surface area contributed by atoms with Gasteiger partial charge in [-0.1, -0.05) is 29.3 Å². The molecular weight excluding hydrogens is 301 g/mol. The number of H-pyrrole nitrogens is 1. The lowest BCUT2D eigenvalue weighted by atomic mass is 9.97. The average Bonchev–Trinajstić information content (AvgIpc) is 2.83. The molecule has 7 heteroatoms. The monoisotopic (exact) mass is 313 g/mol. The molecule has 0 unspecified atom stereocenters. The number of nitrogens with one attached hydrogen (secondary N) is 2. The van der Waals surface area contributed by atoms with Gasteiger partial charge in [0.1, 0.15) is 0 Å². The zero-order valence-corrected chi connectivity index (χ0v) is 12.2.